The molecule has 0 fully saturated rings. The number of aromatic hydroxyl groups is 1. The standard InChI is InChI=1S/C9H8ClNOS/c10-3-5-1-9-6(2-7(5)11)8(12)4-13-9/h1-2,4,12H,3,11H2. The fourth-order valence-electron chi connectivity index (χ4n) is 1.23. The number of fused-ring (bicyclic) bond motifs is 1. The molecule has 1 aromatic carbocycles. The molecule has 4 heteroatoms. The molecule has 0 aliphatic carbocycles. The number of halogens is 1. The zero-order valence-electron chi connectivity index (χ0n) is 6.75. The number of thiophene rings is 1. The Morgan fingerprint density at radius 1 is 1.46 bits per heavy atom. The summed E-state index contributed by atoms with van der Waals surface area (Å²) in [5.74, 6) is 0.688. The van der Waals surface area contributed by atoms with Crippen molar-refractivity contribution in [1.82, 2.24) is 0 Å². The van der Waals surface area contributed by atoms with Crippen molar-refractivity contribution >= 4 is 38.7 Å². The summed E-state index contributed by atoms with van der Waals surface area (Å²) in [6.45, 7) is 0. The van der Waals surface area contributed by atoms with Gasteiger partial charge < -0.3 is 10.8 Å². The Morgan fingerprint density at radius 3 is 2.92 bits per heavy atom. The number of benzene rings is 1. The Kier molecular flexibility index (Phi) is 2.06. The maximum absolute atomic E-state index is 9.42. The van der Waals surface area contributed by atoms with Crippen molar-refractivity contribution in [3.8, 4) is 5.75 Å². The SMILES string of the molecule is Nc1cc2c(O)csc2cc1CCl. The second kappa shape index (κ2) is 3.09. The molecule has 13 heavy (non-hydrogen) atoms. The van der Waals surface area contributed by atoms with E-state index in [-0.39, 0.29) is 5.75 Å². The first-order valence-electron chi connectivity index (χ1n) is 3.77. The van der Waals surface area contributed by atoms with Gasteiger partial charge in [-0.2, -0.15) is 0 Å². The van der Waals surface area contributed by atoms with Crippen LogP contribution < -0.4 is 5.73 Å². The fourth-order valence-corrected chi connectivity index (χ4v) is 2.33. The molecule has 0 atom stereocenters. The summed E-state index contributed by atoms with van der Waals surface area (Å²) in [6.07, 6.45) is 0. The highest BCUT2D eigenvalue weighted by molar-refractivity contribution is 7.17. The topological polar surface area (TPSA) is 46.2 Å². The summed E-state index contributed by atoms with van der Waals surface area (Å²) in [5, 5.41) is 11.9. The van der Waals surface area contributed by atoms with E-state index in [0.29, 0.717) is 11.6 Å². The van der Waals surface area contributed by atoms with E-state index in [0.717, 1.165) is 15.6 Å². The van der Waals surface area contributed by atoms with E-state index in [2.05, 4.69) is 0 Å². The summed E-state index contributed by atoms with van der Waals surface area (Å²) >= 11 is 7.19. The van der Waals surface area contributed by atoms with Crippen LogP contribution in [0.5, 0.6) is 5.75 Å². The summed E-state index contributed by atoms with van der Waals surface area (Å²) in [6, 6.07) is 3.68. The molecule has 0 spiro atoms. The monoisotopic (exact) mass is 213 g/mol. The maximum Gasteiger partial charge on any atom is 0.134 e. The average molecular weight is 214 g/mol. The van der Waals surface area contributed by atoms with Crippen LogP contribution in [-0.4, -0.2) is 5.11 Å². The van der Waals surface area contributed by atoms with Crippen LogP contribution in [-0.2, 0) is 5.88 Å². The number of alkyl halides is 1. The lowest BCUT2D eigenvalue weighted by Crippen LogP contribution is -1.90. The van der Waals surface area contributed by atoms with E-state index in [1.54, 1.807) is 11.4 Å². The zero-order chi connectivity index (χ0) is 9.42. The first kappa shape index (κ1) is 8.66. The van der Waals surface area contributed by atoms with Gasteiger partial charge in [0, 0.05) is 27.0 Å². The van der Waals surface area contributed by atoms with Gasteiger partial charge >= 0.3 is 0 Å². The molecule has 0 radical (unpaired) electrons. The van der Waals surface area contributed by atoms with Crippen LogP contribution in [0.1, 0.15) is 5.56 Å². The predicted octanol–water partition coefficient (Wildman–Crippen LogP) is 2.93. The molecule has 2 aromatic rings. The van der Waals surface area contributed by atoms with Crippen LogP contribution in [0.2, 0.25) is 0 Å². The molecule has 0 bridgehead atoms. The van der Waals surface area contributed by atoms with Gasteiger partial charge in [0.25, 0.3) is 0 Å². The van der Waals surface area contributed by atoms with Gasteiger partial charge in [0.2, 0.25) is 0 Å². The third kappa shape index (κ3) is 1.34. The van der Waals surface area contributed by atoms with Gasteiger partial charge in [0.15, 0.2) is 0 Å². The third-order valence-corrected chi connectivity index (χ3v) is 3.18. The Balaban J connectivity index is 2.76. The molecule has 0 aliphatic heterocycles. The Hall–Kier alpha value is -0.930. The van der Waals surface area contributed by atoms with Crippen LogP contribution in [0.15, 0.2) is 17.5 Å². The van der Waals surface area contributed by atoms with Crippen molar-refractivity contribution in [2.75, 3.05) is 5.73 Å². The second-order valence-electron chi connectivity index (χ2n) is 2.80. The molecule has 68 valence electrons. The van der Waals surface area contributed by atoms with Gasteiger partial charge in [-0.1, -0.05) is 0 Å². The smallest absolute Gasteiger partial charge is 0.134 e. The molecule has 0 saturated heterocycles. The Labute approximate surface area is 84.6 Å². The normalized spacial score (nSPS) is 10.8. The predicted molar refractivity (Wildman–Crippen MR) is 57.5 cm³/mol. The molecule has 0 aliphatic rings. The highest BCUT2D eigenvalue weighted by Crippen LogP contribution is 2.34. The van der Waals surface area contributed by atoms with Crippen molar-refractivity contribution in [2.45, 2.75) is 5.88 Å². The molecule has 3 N–H and O–H groups in total. The summed E-state index contributed by atoms with van der Waals surface area (Å²) < 4.78 is 1.02. The number of hydrogen-bond acceptors (Lipinski definition) is 3. The molecular weight excluding hydrogens is 206 g/mol. The van der Waals surface area contributed by atoms with Gasteiger partial charge in [-0.15, -0.1) is 22.9 Å². The first-order chi connectivity index (χ1) is 6.22. The Morgan fingerprint density at radius 2 is 2.23 bits per heavy atom. The molecule has 1 aromatic heterocycles. The minimum absolute atomic E-state index is 0.285. The van der Waals surface area contributed by atoms with E-state index in [1.165, 1.54) is 11.3 Å². The lowest BCUT2D eigenvalue weighted by Gasteiger charge is -2.01. The van der Waals surface area contributed by atoms with E-state index in [4.69, 9.17) is 17.3 Å². The van der Waals surface area contributed by atoms with E-state index in [9.17, 15) is 5.11 Å². The maximum atomic E-state index is 9.42. The van der Waals surface area contributed by atoms with Gasteiger partial charge in [-0.05, 0) is 17.7 Å². The number of nitrogens with two attached hydrogens (primary N) is 1. The lowest BCUT2D eigenvalue weighted by molar-refractivity contribution is 0.484. The van der Waals surface area contributed by atoms with Gasteiger partial charge in [0.05, 0.1) is 0 Å². The van der Waals surface area contributed by atoms with E-state index >= 15 is 0 Å². The van der Waals surface area contributed by atoms with Crippen molar-refractivity contribution in [1.29, 1.82) is 0 Å². The molecule has 2 nitrogen and oxygen atoms in total. The fraction of sp³-hybridized carbons (Fsp3) is 0.111. The highest BCUT2D eigenvalue weighted by Gasteiger charge is 2.06. The number of anilines is 1. The van der Waals surface area contributed by atoms with Gasteiger partial charge in [-0.3, -0.25) is 0 Å². The largest absolute Gasteiger partial charge is 0.506 e. The van der Waals surface area contributed by atoms with Crippen LogP contribution in [0.4, 0.5) is 5.69 Å². The molecule has 2 rings (SSSR count). The third-order valence-electron chi connectivity index (χ3n) is 1.96. The average Bonchev–Trinajstić information content (AvgIpc) is 2.47. The van der Waals surface area contributed by atoms with Crippen LogP contribution in [0.3, 0.4) is 0 Å². The number of rotatable bonds is 1. The van der Waals surface area contributed by atoms with Gasteiger partial charge in [0.1, 0.15) is 5.75 Å². The molecule has 1 heterocycles. The van der Waals surface area contributed by atoms with Crippen LogP contribution in [0, 0.1) is 0 Å². The minimum Gasteiger partial charge on any atom is -0.506 e. The van der Waals surface area contributed by atoms with Crippen molar-refractivity contribution < 1.29 is 5.11 Å². The van der Waals surface area contributed by atoms with E-state index < -0.39 is 0 Å². The summed E-state index contributed by atoms with van der Waals surface area (Å²) in [7, 11) is 0. The summed E-state index contributed by atoms with van der Waals surface area (Å²) in [4.78, 5) is 0. The highest BCUT2D eigenvalue weighted by atomic mass is 35.5. The zero-order valence-corrected chi connectivity index (χ0v) is 8.32. The minimum atomic E-state index is 0.285. The van der Waals surface area contributed by atoms with Crippen LogP contribution in [0.25, 0.3) is 10.1 Å². The van der Waals surface area contributed by atoms with Crippen LogP contribution >= 0.6 is 22.9 Å². The van der Waals surface area contributed by atoms with E-state index in [1.807, 2.05) is 6.07 Å². The lowest BCUT2D eigenvalue weighted by atomic mass is 10.1. The molecule has 0 saturated carbocycles. The molecular formula is C9H8ClNOS. The molecule has 0 unspecified atom stereocenters. The summed E-state index contributed by atoms with van der Waals surface area (Å²) in [5.41, 5.74) is 7.28. The van der Waals surface area contributed by atoms with Crippen molar-refractivity contribution in [3.05, 3.63) is 23.1 Å². The van der Waals surface area contributed by atoms with Crippen molar-refractivity contribution in [3.63, 3.8) is 0 Å². The Bertz CT molecular complexity index is 452. The molecule has 0 amide bonds. The van der Waals surface area contributed by atoms with Gasteiger partial charge in [-0.25, -0.2) is 0 Å². The second-order valence-corrected chi connectivity index (χ2v) is 3.98. The first-order valence-corrected chi connectivity index (χ1v) is 5.18. The number of hydrogen-bond donors (Lipinski definition) is 2. The number of nitrogen functional groups attached to an aromatic ring is 1. The van der Waals surface area contributed by atoms with Crippen molar-refractivity contribution in [2.24, 2.45) is 0 Å². The quantitative estimate of drug-likeness (QED) is 0.565.